The molecular weight excluding hydrogens is 506 g/mol. The quantitative estimate of drug-likeness (QED) is 0.318. The molecule has 3 rings (SSSR count). The number of rotatable bonds is 7. The van der Waals surface area contributed by atoms with E-state index in [4.69, 9.17) is 0 Å². The number of hydrogen-bond acceptors (Lipinski definition) is 3. The first-order chi connectivity index (χ1) is 13.4. The number of aliphatic imine (C=N–C) groups is 1. The summed E-state index contributed by atoms with van der Waals surface area (Å²) >= 11 is 0. The fourth-order valence-corrected chi connectivity index (χ4v) is 5.43. The molecule has 0 amide bonds. The van der Waals surface area contributed by atoms with Crippen LogP contribution in [-0.4, -0.2) is 57.2 Å². The van der Waals surface area contributed by atoms with Gasteiger partial charge in [-0.05, 0) is 43.7 Å². The maximum absolute atomic E-state index is 14.2. The van der Waals surface area contributed by atoms with Crippen LogP contribution >= 0.6 is 24.0 Å². The zero-order valence-corrected chi connectivity index (χ0v) is 20.3. The van der Waals surface area contributed by atoms with Gasteiger partial charge in [0.15, 0.2) is 5.96 Å². The molecule has 1 heterocycles. The van der Waals surface area contributed by atoms with Gasteiger partial charge in [-0.1, -0.05) is 25.1 Å². The Morgan fingerprint density at radius 1 is 1.28 bits per heavy atom. The molecular formula is C20H32FIN4O2S. The third-order valence-electron chi connectivity index (χ3n) is 5.77. The van der Waals surface area contributed by atoms with Gasteiger partial charge in [-0.25, -0.2) is 17.1 Å². The molecule has 1 saturated carbocycles. The van der Waals surface area contributed by atoms with Crippen molar-refractivity contribution in [1.29, 1.82) is 0 Å². The molecule has 1 aromatic carbocycles. The average Bonchev–Trinajstić information content (AvgIpc) is 3.47. The van der Waals surface area contributed by atoms with Crippen LogP contribution in [0.25, 0.3) is 0 Å². The number of nitrogens with zero attached hydrogens (tertiary/aromatic N) is 2. The minimum Gasteiger partial charge on any atom is -0.356 e. The Balaban J connectivity index is 0.00000300. The second-order valence-corrected chi connectivity index (χ2v) is 9.91. The number of hydrogen-bond donors (Lipinski definition) is 2. The minimum absolute atomic E-state index is 0. The van der Waals surface area contributed by atoms with Gasteiger partial charge in [0.2, 0.25) is 10.0 Å². The highest BCUT2D eigenvalue weighted by molar-refractivity contribution is 14.0. The molecule has 29 heavy (non-hydrogen) atoms. The van der Waals surface area contributed by atoms with Crippen LogP contribution < -0.4 is 10.6 Å². The van der Waals surface area contributed by atoms with Gasteiger partial charge in [-0.2, -0.15) is 0 Å². The standard InChI is InChI=1S/C20H31FN4O2S.HI/c1-3-14-28(26,27)25-12-8-16(9-13-25)24-19(22-2)23-15-20(10-11-20)17-6-4-5-7-18(17)21;/h4-7,16H,3,8-15H2,1-2H3,(H2,22,23,24);1H. The number of guanidine groups is 1. The van der Waals surface area contributed by atoms with Crippen molar-refractivity contribution in [3.05, 3.63) is 35.6 Å². The number of halogens is 2. The summed E-state index contributed by atoms with van der Waals surface area (Å²) in [5.41, 5.74) is 0.619. The summed E-state index contributed by atoms with van der Waals surface area (Å²) in [5, 5.41) is 6.75. The van der Waals surface area contributed by atoms with E-state index in [1.165, 1.54) is 6.07 Å². The lowest BCUT2D eigenvalue weighted by Gasteiger charge is -2.32. The molecule has 2 N–H and O–H groups in total. The largest absolute Gasteiger partial charge is 0.356 e. The van der Waals surface area contributed by atoms with Crippen LogP contribution in [0.3, 0.4) is 0 Å². The van der Waals surface area contributed by atoms with E-state index in [0.717, 1.165) is 31.2 Å². The highest BCUT2D eigenvalue weighted by atomic mass is 127. The molecule has 0 spiro atoms. The summed E-state index contributed by atoms with van der Waals surface area (Å²) in [6.07, 6.45) is 4.07. The predicted octanol–water partition coefficient (Wildman–Crippen LogP) is 2.84. The number of piperidine rings is 1. The van der Waals surface area contributed by atoms with Crippen molar-refractivity contribution in [2.45, 2.75) is 50.5 Å². The summed E-state index contributed by atoms with van der Waals surface area (Å²) < 4.78 is 40.1. The fourth-order valence-electron chi connectivity index (χ4n) is 3.89. The van der Waals surface area contributed by atoms with Gasteiger partial charge in [0.1, 0.15) is 5.82 Å². The molecule has 2 fully saturated rings. The van der Waals surface area contributed by atoms with Gasteiger partial charge in [-0.3, -0.25) is 4.99 Å². The molecule has 0 unspecified atom stereocenters. The SMILES string of the molecule is CCCS(=O)(=O)N1CCC(NC(=NC)NCC2(c3ccccc3F)CC2)CC1.I. The first kappa shape index (κ1) is 24.3. The van der Waals surface area contributed by atoms with E-state index in [-0.39, 0.29) is 47.0 Å². The van der Waals surface area contributed by atoms with Crippen LogP contribution in [0.4, 0.5) is 4.39 Å². The Bertz CT molecular complexity index is 806. The number of benzene rings is 1. The molecule has 0 radical (unpaired) electrons. The van der Waals surface area contributed by atoms with Crippen molar-refractivity contribution in [2.24, 2.45) is 4.99 Å². The molecule has 1 aliphatic carbocycles. The second-order valence-electron chi connectivity index (χ2n) is 7.82. The van der Waals surface area contributed by atoms with Crippen LogP contribution in [0.5, 0.6) is 0 Å². The maximum Gasteiger partial charge on any atom is 0.214 e. The zero-order chi connectivity index (χ0) is 20.2. The van der Waals surface area contributed by atoms with Crippen molar-refractivity contribution in [3.8, 4) is 0 Å². The third-order valence-corrected chi connectivity index (χ3v) is 7.84. The van der Waals surface area contributed by atoms with Crippen molar-refractivity contribution in [1.82, 2.24) is 14.9 Å². The lowest BCUT2D eigenvalue weighted by atomic mass is 9.95. The Morgan fingerprint density at radius 2 is 1.93 bits per heavy atom. The second kappa shape index (κ2) is 10.4. The summed E-state index contributed by atoms with van der Waals surface area (Å²) in [4.78, 5) is 4.30. The maximum atomic E-state index is 14.2. The minimum atomic E-state index is -3.12. The van der Waals surface area contributed by atoms with Gasteiger partial charge >= 0.3 is 0 Å². The summed E-state index contributed by atoms with van der Waals surface area (Å²) in [6.45, 7) is 3.60. The Morgan fingerprint density at radius 3 is 2.48 bits per heavy atom. The summed E-state index contributed by atoms with van der Waals surface area (Å²) in [5.74, 6) is 0.759. The van der Waals surface area contributed by atoms with Gasteiger partial charge < -0.3 is 10.6 Å². The molecule has 6 nitrogen and oxygen atoms in total. The lowest BCUT2D eigenvalue weighted by Crippen LogP contribution is -2.51. The van der Waals surface area contributed by atoms with Crippen LogP contribution in [-0.2, 0) is 15.4 Å². The molecule has 0 atom stereocenters. The third kappa shape index (κ3) is 6.04. The molecule has 9 heteroatoms. The predicted molar refractivity (Wildman–Crippen MR) is 126 cm³/mol. The van der Waals surface area contributed by atoms with E-state index in [2.05, 4.69) is 15.6 Å². The Kier molecular flexibility index (Phi) is 8.72. The van der Waals surface area contributed by atoms with E-state index in [1.54, 1.807) is 17.4 Å². The monoisotopic (exact) mass is 538 g/mol. The summed E-state index contributed by atoms with van der Waals surface area (Å²) in [6, 6.07) is 7.17. The highest BCUT2D eigenvalue weighted by Gasteiger charge is 2.45. The van der Waals surface area contributed by atoms with Crippen LogP contribution in [0.15, 0.2) is 29.3 Å². The molecule has 0 aromatic heterocycles. The van der Waals surface area contributed by atoms with Crippen molar-refractivity contribution >= 4 is 40.0 Å². The van der Waals surface area contributed by atoms with Crippen LogP contribution in [0.1, 0.15) is 44.6 Å². The molecule has 0 bridgehead atoms. The van der Waals surface area contributed by atoms with Gasteiger partial charge in [0.25, 0.3) is 0 Å². The first-order valence-electron chi connectivity index (χ1n) is 10.1. The van der Waals surface area contributed by atoms with Crippen molar-refractivity contribution in [2.75, 3.05) is 32.4 Å². The van der Waals surface area contributed by atoms with Crippen molar-refractivity contribution in [3.63, 3.8) is 0 Å². The van der Waals surface area contributed by atoms with Gasteiger partial charge in [0.05, 0.1) is 5.75 Å². The van der Waals surface area contributed by atoms with E-state index in [9.17, 15) is 12.8 Å². The Hall–Kier alpha value is -0.940. The smallest absolute Gasteiger partial charge is 0.214 e. The molecule has 1 aliphatic heterocycles. The molecule has 1 saturated heterocycles. The van der Waals surface area contributed by atoms with E-state index >= 15 is 0 Å². The van der Waals surface area contributed by atoms with Crippen LogP contribution in [0.2, 0.25) is 0 Å². The topological polar surface area (TPSA) is 73.8 Å². The van der Waals surface area contributed by atoms with E-state index < -0.39 is 10.0 Å². The van der Waals surface area contributed by atoms with Crippen molar-refractivity contribution < 1.29 is 12.8 Å². The van der Waals surface area contributed by atoms with Gasteiger partial charge in [0, 0.05) is 38.1 Å². The van der Waals surface area contributed by atoms with E-state index in [0.29, 0.717) is 32.0 Å². The average molecular weight is 538 g/mol. The van der Waals surface area contributed by atoms with Crippen LogP contribution in [0, 0.1) is 5.82 Å². The number of nitrogens with one attached hydrogen (secondary N) is 2. The van der Waals surface area contributed by atoms with E-state index in [1.807, 2.05) is 19.1 Å². The van der Waals surface area contributed by atoms with Gasteiger partial charge in [-0.15, -0.1) is 24.0 Å². The molecule has 164 valence electrons. The summed E-state index contributed by atoms with van der Waals surface area (Å²) in [7, 11) is -1.40. The normalized spacial score (nSPS) is 20.0. The molecule has 1 aromatic rings. The zero-order valence-electron chi connectivity index (χ0n) is 17.2. The lowest BCUT2D eigenvalue weighted by molar-refractivity contribution is 0.306. The molecule has 2 aliphatic rings. The number of sulfonamides is 1. The highest BCUT2D eigenvalue weighted by Crippen LogP contribution is 2.48. The fraction of sp³-hybridized carbons (Fsp3) is 0.650. The Labute approximate surface area is 190 Å². The first-order valence-corrected chi connectivity index (χ1v) is 11.7.